The molecule has 0 aromatic heterocycles. The zero-order valence-corrected chi connectivity index (χ0v) is 4.63. The molecule has 1 radical (unpaired) electrons. The molecule has 1 N–H and O–H groups in total. The quantitative estimate of drug-likeness (QED) is 0.307. The first-order chi connectivity index (χ1) is 3.46. The Bertz CT molecular complexity index is 69.1. The van der Waals surface area contributed by atoms with Gasteiger partial charge in [-0.3, -0.25) is 0 Å². The Morgan fingerprint density at radius 1 is 1.11 bits per heavy atom. The van der Waals surface area contributed by atoms with Crippen molar-refractivity contribution in [2.75, 3.05) is 0 Å². The molecule has 0 fully saturated rings. The molecule has 0 heterocycles. The van der Waals surface area contributed by atoms with E-state index < -0.39 is 10.2 Å². The van der Waals surface area contributed by atoms with E-state index in [1.807, 2.05) is 0 Å². The fraction of sp³-hybridized carbons (Fsp3) is 0. The summed E-state index contributed by atoms with van der Waals surface area (Å²) in [5.41, 5.74) is 0. The SMILES string of the molecule is O=[N+]([O-])O.O=[N+]([O-])[O-].[Cu]. The number of rotatable bonds is 0. The molecule has 0 rings (SSSR count). The van der Waals surface area contributed by atoms with Gasteiger partial charge in [0.25, 0.3) is 5.09 Å². The van der Waals surface area contributed by atoms with E-state index in [-0.39, 0.29) is 17.1 Å². The maximum atomic E-state index is 8.36. The Labute approximate surface area is 58.8 Å². The summed E-state index contributed by atoms with van der Waals surface area (Å²) in [6.07, 6.45) is 0. The van der Waals surface area contributed by atoms with Crippen LogP contribution in [0.5, 0.6) is 0 Å². The first-order valence-corrected chi connectivity index (χ1v) is 1.11. The first kappa shape index (κ1) is 15.7. The summed E-state index contributed by atoms with van der Waals surface area (Å²) in [6, 6.07) is 0. The maximum absolute atomic E-state index is 8.36. The van der Waals surface area contributed by atoms with Crippen molar-refractivity contribution in [2.24, 2.45) is 0 Å². The molecule has 0 unspecified atom stereocenters. The van der Waals surface area contributed by atoms with Gasteiger partial charge in [-0.25, -0.2) is 0 Å². The van der Waals surface area contributed by atoms with Gasteiger partial charge in [-0.2, -0.15) is 0 Å². The van der Waals surface area contributed by atoms with Gasteiger partial charge in [-0.05, 0) is 0 Å². The van der Waals surface area contributed by atoms with E-state index in [4.69, 9.17) is 30.6 Å². The maximum Gasteiger partial charge on any atom is 0.291 e. The summed E-state index contributed by atoms with van der Waals surface area (Å²) in [5, 5.41) is 28.4. The molecular formula is HCuN2O6-. The fourth-order valence-electron chi connectivity index (χ4n) is 0. The third-order valence-electron chi connectivity index (χ3n) is 0. The monoisotopic (exact) mass is 188 g/mol. The Morgan fingerprint density at radius 2 is 1.11 bits per heavy atom. The Morgan fingerprint density at radius 3 is 1.11 bits per heavy atom. The molecule has 0 atom stereocenters. The van der Waals surface area contributed by atoms with Crippen molar-refractivity contribution in [1.29, 1.82) is 0 Å². The Hall–Kier alpha value is -1.08. The van der Waals surface area contributed by atoms with Gasteiger partial charge in [0.15, 0.2) is 0 Å². The molecular weight excluding hydrogens is 188 g/mol. The molecule has 0 aliphatic rings. The Kier molecular flexibility index (Phi) is 17.4. The van der Waals surface area contributed by atoms with E-state index in [9.17, 15) is 0 Å². The molecule has 59 valence electrons. The van der Waals surface area contributed by atoms with Gasteiger partial charge in [0.05, 0.1) is 5.09 Å². The molecule has 0 aromatic rings. The van der Waals surface area contributed by atoms with Crippen LogP contribution >= 0.6 is 0 Å². The molecule has 0 amide bonds. The van der Waals surface area contributed by atoms with Crippen LogP contribution in [0.2, 0.25) is 0 Å². The largest absolute Gasteiger partial charge is 0.356 e. The molecule has 0 spiro atoms. The van der Waals surface area contributed by atoms with Crippen LogP contribution in [0, 0.1) is 25.4 Å². The average molecular weight is 189 g/mol. The summed E-state index contributed by atoms with van der Waals surface area (Å²) >= 11 is 0. The summed E-state index contributed by atoms with van der Waals surface area (Å²) in [4.78, 5) is 16.6. The summed E-state index contributed by atoms with van der Waals surface area (Å²) in [5.74, 6) is 0. The summed E-state index contributed by atoms with van der Waals surface area (Å²) in [6.45, 7) is 0. The first-order valence-electron chi connectivity index (χ1n) is 1.11. The second-order valence-corrected chi connectivity index (χ2v) is 0.461. The third kappa shape index (κ3) is 143. The molecule has 0 aromatic carbocycles. The van der Waals surface area contributed by atoms with Gasteiger partial charge in [-0.15, -0.1) is 10.1 Å². The second-order valence-electron chi connectivity index (χ2n) is 0.461. The van der Waals surface area contributed by atoms with Crippen LogP contribution < -0.4 is 0 Å². The van der Waals surface area contributed by atoms with Gasteiger partial charge >= 0.3 is 0 Å². The summed E-state index contributed by atoms with van der Waals surface area (Å²) in [7, 11) is 0. The zero-order valence-electron chi connectivity index (χ0n) is 3.68. The van der Waals surface area contributed by atoms with Crippen LogP contribution in [0.4, 0.5) is 0 Å². The average Bonchev–Trinajstić information content (AvgIpc) is 1.25. The second kappa shape index (κ2) is 10.0. The van der Waals surface area contributed by atoms with Crippen LogP contribution in [0.15, 0.2) is 0 Å². The van der Waals surface area contributed by atoms with Gasteiger partial charge in [0.2, 0.25) is 0 Å². The standard InChI is InChI=1S/Cu.HNO3.NO3/c;2*2-1(3)4/h;(H,2,3,4);/q;;-1. The molecule has 0 bridgehead atoms. The van der Waals surface area contributed by atoms with Crippen LogP contribution in [-0.4, -0.2) is 15.4 Å². The molecule has 0 aliphatic carbocycles. The minimum atomic E-state index is -1.75. The van der Waals surface area contributed by atoms with Crippen LogP contribution in [-0.2, 0) is 17.1 Å². The van der Waals surface area contributed by atoms with Gasteiger partial charge in [0, 0.05) is 17.1 Å². The van der Waals surface area contributed by atoms with Gasteiger partial charge in [-0.1, -0.05) is 0 Å². The van der Waals surface area contributed by atoms with Crippen molar-refractivity contribution in [3.8, 4) is 0 Å². The predicted octanol–water partition coefficient (Wildman–Crippen LogP) is -0.589. The van der Waals surface area contributed by atoms with Crippen molar-refractivity contribution < 1.29 is 32.4 Å². The zero-order chi connectivity index (χ0) is 7.15. The Balaban J connectivity index is -0.0000000720. The molecule has 0 saturated heterocycles. The van der Waals surface area contributed by atoms with E-state index in [2.05, 4.69) is 0 Å². The van der Waals surface area contributed by atoms with Gasteiger partial charge in [0.1, 0.15) is 0 Å². The molecule has 9 heavy (non-hydrogen) atoms. The minimum absolute atomic E-state index is 0. The van der Waals surface area contributed by atoms with Crippen molar-refractivity contribution in [3.63, 3.8) is 0 Å². The molecule has 0 saturated carbocycles. The van der Waals surface area contributed by atoms with E-state index in [0.717, 1.165) is 0 Å². The van der Waals surface area contributed by atoms with E-state index >= 15 is 0 Å². The number of nitrogens with zero attached hydrogens (tertiary/aromatic N) is 2. The number of hydrogen-bond donors (Lipinski definition) is 1. The van der Waals surface area contributed by atoms with Crippen LogP contribution in [0.1, 0.15) is 0 Å². The molecule has 8 nitrogen and oxygen atoms in total. The molecule has 9 heteroatoms. The van der Waals surface area contributed by atoms with E-state index in [1.165, 1.54) is 0 Å². The van der Waals surface area contributed by atoms with Gasteiger partial charge < -0.3 is 20.5 Å². The minimum Gasteiger partial charge on any atom is -0.356 e. The van der Waals surface area contributed by atoms with Crippen molar-refractivity contribution >= 4 is 0 Å². The van der Waals surface area contributed by atoms with Crippen molar-refractivity contribution in [3.05, 3.63) is 25.4 Å². The van der Waals surface area contributed by atoms with E-state index in [1.54, 1.807) is 0 Å². The summed E-state index contributed by atoms with van der Waals surface area (Å²) < 4.78 is 0. The van der Waals surface area contributed by atoms with Crippen LogP contribution in [0.25, 0.3) is 0 Å². The van der Waals surface area contributed by atoms with E-state index in [0.29, 0.717) is 0 Å². The van der Waals surface area contributed by atoms with Crippen molar-refractivity contribution in [2.45, 2.75) is 0 Å². The number of hydrogen-bond acceptors (Lipinski definition) is 5. The predicted molar refractivity (Wildman–Crippen MR) is 19.1 cm³/mol. The normalized spacial score (nSPS) is 5.33. The van der Waals surface area contributed by atoms with Crippen LogP contribution in [0.3, 0.4) is 0 Å². The van der Waals surface area contributed by atoms with Crippen molar-refractivity contribution in [1.82, 2.24) is 0 Å². The third-order valence-corrected chi connectivity index (χ3v) is 0. The molecule has 0 aliphatic heterocycles. The fourth-order valence-corrected chi connectivity index (χ4v) is 0. The topological polar surface area (TPSA) is 130 Å². The smallest absolute Gasteiger partial charge is 0.291 e.